The quantitative estimate of drug-likeness (QED) is 0.403. The number of amides is 1. The van der Waals surface area contributed by atoms with Gasteiger partial charge in [-0.2, -0.15) is 19.6 Å². The molecule has 2 atom stereocenters. The highest BCUT2D eigenvalue weighted by atomic mass is 79.9. The summed E-state index contributed by atoms with van der Waals surface area (Å²) in [5.41, 5.74) is 2.53. The summed E-state index contributed by atoms with van der Waals surface area (Å²) in [6.45, 7) is 1.50. The zero-order valence-electron chi connectivity index (χ0n) is 16.2. The number of halogens is 1. The molecule has 0 aliphatic carbocycles. The van der Waals surface area contributed by atoms with Crippen molar-refractivity contribution >= 4 is 50.6 Å². The summed E-state index contributed by atoms with van der Waals surface area (Å²) >= 11 is 3.51. The van der Waals surface area contributed by atoms with Gasteiger partial charge in [-0.3, -0.25) is 0 Å². The van der Waals surface area contributed by atoms with Crippen LogP contribution in [0.1, 0.15) is 12.2 Å². The summed E-state index contributed by atoms with van der Waals surface area (Å²) in [7, 11) is 0. The number of aromatic nitrogens is 6. The van der Waals surface area contributed by atoms with E-state index in [1.54, 1.807) is 10.7 Å². The van der Waals surface area contributed by atoms with E-state index in [9.17, 15) is 9.90 Å². The molecule has 1 amide bonds. The van der Waals surface area contributed by atoms with Crippen molar-refractivity contribution in [3.05, 3.63) is 40.8 Å². The molecule has 4 aromatic rings. The molecule has 0 radical (unpaired) electrons. The molecule has 0 spiro atoms. The number of benzene rings is 1. The molecule has 2 aliphatic rings. The Morgan fingerprint density at radius 2 is 2.10 bits per heavy atom. The molecule has 3 N–H and O–H groups in total. The van der Waals surface area contributed by atoms with Gasteiger partial charge < -0.3 is 25.2 Å². The van der Waals surface area contributed by atoms with Crippen molar-refractivity contribution in [1.29, 1.82) is 0 Å². The van der Waals surface area contributed by atoms with Gasteiger partial charge in [-0.05, 0) is 34.5 Å². The average molecular weight is 484 g/mol. The molecule has 6 rings (SSSR count). The Morgan fingerprint density at radius 1 is 1.23 bits per heavy atom. The monoisotopic (exact) mass is 483 g/mol. The minimum atomic E-state index is -0.866. The van der Waals surface area contributed by atoms with Gasteiger partial charge in [0.25, 0.3) is 0 Å². The molecule has 0 saturated carbocycles. The van der Waals surface area contributed by atoms with Crippen LogP contribution in [-0.4, -0.2) is 70.8 Å². The highest BCUT2D eigenvalue weighted by molar-refractivity contribution is 9.10. The van der Waals surface area contributed by atoms with E-state index in [1.165, 1.54) is 4.90 Å². The van der Waals surface area contributed by atoms with E-state index < -0.39 is 6.09 Å². The Labute approximate surface area is 184 Å². The van der Waals surface area contributed by atoms with Crippen molar-refractivity contribution in [1.82, 2.24) is 34.4 Å². The van der Waals surface area contributed by atoms with Crippen molar-refractivity contribution in [3.8, 4) is 0 Å². The summed E-state index contributed by atoms with van der Waals surface area (Å²) in [4.78, 5) is 32.3. The van der Waals surface area contributed by atoms with Gasteiger partial charge in [-0.1, -0.05) is 12.1 Å². The maximum Gasteiger partial charge on any atom is 0.407 e. The zero-order chi connectivity index (χ0) is 21.1. The van der Waals surface area contributed by atoms with Crippen molar-refractivity contribution in [2.45, 2.75) is 25.0 Å². The van der Waals surface area contributed by atoms with Crippen molar-refractivity contribution in [2.24, 2.45) is 0 Å². The topological polar surface area (TPSA) is 128 Å². The second-order valence-corrected chi connectivity index (χ2v) is 8.61. The number of hydrogen-bond donors (Lipinski definition) is 3. The fourth-order valence-corrected chi connectivity index (χ4v) is 4.83. The average Bonchev–Trinajstić information content (AvgIpc) is 3.54. The molecule has 11 nitrogen and oxygen atoms in total. The van der Waals surface area contributed by atoms with Crippen LogP contribution < -0.4 is 10.2 Å². The van der Waals surface area contributed by atoms with Gasteiger partial charge in [-0.25, -0.2) is 9.78 Å². The summed E-state index contributed by atoms with van der Waals surface area (Å²) in [5.74, 6) is 1.90. The van der Waals surface area contributed by atoms with Gasteiger partial charge in [0.05, 0.1) is 40.3 Å². The van der Waals surface area contributed by atoms with E-state index in [-0.39, 0.29) is 12.1 Å². The van der Waals surface area contributed by atoms with E-state index in [4.69, 9.17) is 9.97 Å². The van der Waals surface area contributed by atoms with E-state index in [0.29, 0.717) is 37.2 Å². The van der Waals surface area contributed by atoms with E-state index >= 15 is 0 Å². The second-order valence-electron chi connectivity index (χ2n) is 7.76. The number of rotatable bonds is 4. The number of fused-ring (bicyclic) bond motifs is 4. The van der Waals surface area contributed by atoms with Crippen molar-refractivity contribution in [2.75, 3.05) is 23.3 Å². The minimum Gasteiger partial charge on any atom is -0.465 e. The highest BCUT2D eigenvalue weighted by Gasteiger charge is 2.46. The van der Waals surface area contributed by atoms with Crippen molar-refractivity contribution < 1.29 is 9.90 Å². The number of carboxylic acid groups (broad SMARTS) is 1. The lowest BCUT2D eigenvalue weighted by Crippen LogP contribution is -2.49. The second kappa shape index (κ2) is 6.80. The summed E-state index contributed by atoms with van der Waals surface area (Å²) in [6.07, 6.45) is 1.61. The van der Waals surface area contributed by atoms with Gasteiger partial charge >= 0.3 is 6.09 Å². The lowest BCUT2D eigenvalue weighted by atomic mass is 10.2. The molecule has 2 fully saturated rings. The zero-order valence-corrected chi connectivity index (χ0v) is 17.8. The molecule has 158 valence electrons. The Morgan fingerprint density at radius 3 is 2.87 bits per heavy atom. The first-order valence-electron chi connectivity index (χ1n) is 9.92. The van der Waals surface area contributed by atoms with Gasteiger partial charge in [-0.15, -0.1) is 0 Å². The molecule has 5 heterocycles. The molecule has 31 heavy (non-hydrogen) atoms. The van der Waals surface area contributed by atoms with Crippen LogP contribution in [0.25, 0.3) is 16.7 Å². The summed E-state index contributed by atoms with van der Waals surface area (Å²) in [6, 6.07) is 7.92. The van der Waals surface area contributed by atoms with Gasteiger partial charge in [0, 0.05) is 13.1 Å². The van der Waals surface area contributed by atoms with E-state index in [0.717, 1.165) is 27.8 Å². The number of nitrogens with one attached hydrogen (secondary N) is 2. The van der Waals surface area contributed by atoms with Crippen LogP contribution in [0.4, 0.5) is 16.7 Å². The van der Waals surface area contributed by atoms with Crippen molar-refractivity contribution in [3.63, 3.8) is 0 Å². The molecule has 2 bridgehead atoms. The molecular formula is C19H18BrN9O2. The predicted molar refractivity (Wildman–Crippen MR) is 116 cm³/mol. The first kappa shape index (κ1) is 18.4. The Kier molecular flexibility index (Phi) is 4.03. The lowest BCUT2D eigenvalue weighted by Gasteiger charge is -2.32. The molecule has 1 aromatic carbocycles. The summed E-state index contributed by atoms with van der Waals surface area (Å²) in [5, 5.41) is 17.0. The van der Waals surface area contributed by atoms with E-state index in [2.05, 4.69) is 41.2 Å². The summed E-state index contributed by atoms with van der Waals surface area (Å²) < 4.78 is 2.41. The smallest absolute Gasteiger partial charge is 0.407 e. The van der Waals surface area contributed by atoms with E-state index in [1.807, 2.05) is 24.3 Å². The largest absolute Gasteiger partial charge is 0.465 e. The number of carbonyl (C=O) groups is 1. The number of hydrogen-bond acceptors (Lipinski definition) is 7. The number of para-hydroxylation sites is 2. The molecule has 2 aliphatic heterocycles. The number of H-pyrrole nitrogens is 1. The van der Waals surface area contributed by atoms with Gasteiger partial charge in [0.1, 0.15) is 5.82 Å². The Balaban J connectivity index is 1.31. The normalized spacial score (nSPS) is 20.3. The number of aromatic amines is 1. The van der Waals surface area contributed by atoms with Crippen LogP contribution in [0.2, 0.25) is 0 Å². The highest BCUT2D eigenvalue weighted by Crippen LogP contribution is 2.34. The lowest BCUT2D eigenvalue weighted by molar-refractivity contribution is 0.137. The third-order valence-electron chi connectivity index (χ3n) is 5.91. The predicted octanol–water partition coefficient (Wildman–Crippen LogP) is 2.32. The third kappa shape index (κ3) is 2.97. The molecular weight excluding hydrogens is 466 g/mol. The van der Waals surface area contributed by atoms with Gasteiger partial charge in [0.2, 0.25) is 11.9 Å². The van der Waals surface area contributed by atoms with Crippen LogP contribution in [0.15, 0.2) is 34.9 Å². The fraction of sp³-hybridized carbons (Fsp3) is 0.316. The Bertz CT molecular complexity index is 1290. The number of imidazole rings is 1. The fourth-order valence-electron chi connectivity index (χ4n) is 4.48. The third-order valence-corrected chi connectivity index (χ3v) is 6.47. The molecule has 0 unspecified atom stereocenters. The van der Waals surface area contributed by atoms with Gasteiger partial charge in [0.15, 0.2) is 5.65 Å². The first-order valence-corrected chi connectivity index (χ1v) is 10.7. The van der Waals surface area contributed by atoms with Crippen LogP contribution in [0.3, 0.4) is 0 Å². The molecule has 2 saturated heterocycles. The van der Waals surface area contributed by atoms with Crippen LogP contribution in [0.5, 0.6) is 0 Å². The standard InChI is InChI=1S/C19H18BrN9O2/c20-12-6-22-29-16(12)25-18(27-8-11-5-10(27)9-28(11)19(30)31)26-17(29)21-7-15-23-13-3-1-2-4-14(13)24-15/h1-4,6,10-11H,5,7-9H2,(H,23,24)(H,30,31)(H,21,25,26)/t10-,11-/m1/s1. The minimum absolute atomic E-state index is 0.0253. The SMILES string of the molecule is O=C(O)N1C[C@H]2C[C@@H]1CN2c1nc(NCc2nc3ccccc3[nH]2)n2ncc(Br)c2n1. The Hall–Kier alpha value is -3.41. The van der Waals surface area contributed by atoms with Crippen LogP contribution in [0, 0.1) is 0 Å². The number of nitrogens with zero attached hydrogens (tertiary/aromatic N) is 7. The number of anilines is 2. The van der Waals surface area contributed by atoms with Crippen LogP contribution in [-0.2, 0) is 6.54 Å². The molecule has 3 aromatic heterocycles. The number of likely N-dealkylation sites (tertiary alicyclic amines) is 1. The van der Waals surface area contributed by atoms with Crippen LogP contribution >= 0.6 is 15.9 Å². The number of piperazine rings is 1. The first-order chi connectivity index (χ1) is 15.1. The molecule has 12 heteroatoms. The maximum absolute atomic E-state index is 11.4. The maximum atomic E-state index is 11.4.